The van der Waals surface area contributed by atoms with E-state index in [2.05, 4.69) is 10.3 Å². The largest absolute Gasteiger partial charge is 0.491 e. The van der Waals surface area contributed by atoms with Crippen LogP contribution < -0.4 is 10.1 Å². The molecular weight excluding hydrogens is 448 g/mol. The van der Waals surface area contributed by atoms with E-state index in [4.69, 9.17) is 9.47 Å². The first-order valence-corrected chi connectivity index (χ1v) is 11.8. The normalized spacial score (nSPS) is 21.3. The number of aromatic nitrogens is 1. The fourth-order valence-electron chi connectivity index (χ4n) is 4.05. The summed E-state index contributed by atoms with van der Waals surface area (Å²) in [6, 6.07) is 8.11. The zero-order chi connectivity index (χ0) is 25.5. The Hall–Kier alpha value is -3.46. The van der Waals surface area contributed by atoms with E-state index in [1.54, 1.807) is 73.6 Å². The summed E-state index contributed by atoms with van der Waals surface area (Å²) in [4.78, 5) is 46.0. The number of methoxy groups -OCH3 is 1. The molecule has 0 saturated heterocycles. The molecule has 0 radical (unpaired) electrons. The Morgan fingerprint density at radius 2 is 1.89 bits per heavy atom. The van der Waals surface area contributed by atoms with Crippen LogP contribution >= 0.6 is 0 Å². The molecule has 0 unspecified atom stereocenters. The SMILES string of the molecule is CCC(=O)Nc1ccc2c(c1)C(=O)N(C)C[C@@H](OC)[C@@H](C)CN(C(=O)c1ccncc1)[C@@H](C)CO2. The van der Waals surface area contributed by atoms with Crippen molar-refractivity contribution in [2.75, 3.05) is 39.2 Å². The van der Waals surface area contributed by atoms with Gasteiger partial charge in [0, 0.05) is 63.2 Å². The van der Waals surface area contributed by atoms with Crippen molar-refractivity contribution in [1.29, 1.82) is 0 Å². The molecule has 2 heterocycles. The first kappa shape index (κ1) is 26.2. The van der Waals surface area contributed by atoms with E-state index in [1.807, 2.05) is 13.8 Å². The Morgan fingerprint density at radius 3 is 2.54 bits per heavy atom. The summed E-state index contributed by atoms with van der Waals surface area (Å²) >= 11 is 0. The van der Waals surface area contributed by atoms with Crippen molar-refractivity contribution in [3.8, 4) is 5.75 Å². The van der Waals surface area contributed by atoms with Crippen LogP contribution in [0.2, 0.25) is 0 Å². The van der Waals surface area contributed by atoms with Crippen LogP contribution in [0.15, 0.2) is 42.7 Å². The molecule has 3 rings (SSSR count). The molecule has 0 bridgehead atoms. The highest BCUT2D eigenvalue weighted by Crippen LogP contribution is 2.27. The summed E-state index contributed by atoms with van der Waals surface area (Å²) in [6.07, 6.45) is 3.22. The minimum Gasteiger partial charge on any atom is -0.491 e. The van der Waals surface area contributed by atoms with Gasteiger partial charge in [-0.05, 0) is 37.3 Å². The van der Waals surface area contributed by atoms with Crippen molar-refractivity contribution < 1.29 is 23.9 Å². The number of fused-ring (bicyclic) bond motifs is 1. The maximum atomic E-state index is 13.4. The Labute approximate surface area is 206 Å². The number of carbonyl (C=O) groups is 3. The maximum Gasteiger partial charge on any atom is 0.257 e. The lowest BCUT2D eigenvalue weighted by atomic mass is 10.0. The first-order valence-electron chi connectivity index (χ1n) is 11.8. The third kappa shape index (κ3) is 6.36. The van der Waals surface area contributed by atoms with Gasteiger partial charge < -0.3 is 24.6 Å². The molecule has 0 fully saturated rings. The second-order valence-electron chi connectivity index (χ2n) is 8.90. The van der Waals surface area contributed by atoms with Crippen LogP contribution in [0.3, 0.4) is 0 Å². The number of pyridine rings is 1. The highest BCUT2D eigenvalue weighted by molar-refractivity contribution is 5.99. The molecule has 1 N–H and O–H groups in total. The standard InChI is InChI=1S/C26H34N4O5/c1-6-24(31)28-20-7-8-22-21(13-20)26(33)29(4)15-23(34-5)17(2)14-30(18(3)16-35-22)25(32)19-9-11-27-12-10-19/h7-13,17-18,23H,6,14-16H2,1-5H3,(H,28,31)/t17-,18-,23+/m0/s1. The smallest absolute Gasteiger partial charge is 0.257 e. The summed E-state index contributed by atoms with van der Waals surface area (Å²) in [5.41, 5.74) is 1.40. The zero-order valence-electron chi connectivity index (χ0n) is 21.0. The summed E-state index contributed by atoms with van der Waals surface area (Å²) in [5.74, 6) is -0.170. The third-order valence-corrected chi connectivity index (χ3v) is 6.24. The highest BCUT2D eigenvalue weighted by Gasteiger charge is 2.31. The van der Waals surface area contributed by atoms with Gasteiger partial charge in [0.05, 0.1) is 17.7 Å². The van der Waals surface area contributed by atoms with Crippen LogP contribution in [0.25, 0.3) is 0 Å². The minimum absolute atomic E-state index is 0.0578. The number of carbonyl (C=O) groups excluding carboxylic acids is 3. The van der Waals surface area contributed by atoms with E-state index < -0.39 is 0 Å². The van der Waals surface area contributed by atoms with Crippen molar-refractivity contribution in [2.24, 2.45) is 5.92 Å². The van der Waals surface area contributed by atoms with Crippen LogP contribution in [0, 0.1) is 5.92 Å². The molecule has 35 heavy (non-hydrogen) atoms. The Balaban J connectivity index is 1.98. The zero-order valence-corrected chi connectivity index (χ0v) is 21.0. The monoisotopic (exact) mass is 482 g/mol. The number of rotatable bonds is 4. The average Bonchev–Trinajstić information content (AvgIpc) is 2.88. The van der Waals surface area contributed by atoms with Crippen LogP contribution in [-0.4, -0.2) is 78.5 Å². The molecule has 1 aliphatic rings. The molecule has 1 aliphatic heterocycles. The number of benzene rings is 1. The predicted octanol–water partition coefficient (Wildman–Crippen LogP) is 3.08. The fourth-order valence-corrected chi connectivity index (χ4v) is 4.05. The van der Waals surface area contributed by atoms with E-state index in [9.17, 15) is 14.4 Å². The number of nitrogens with one attached hydrogen (secondary N) is 1. The van der Waals surface area contributed by atoms with Gasteiger partial charge in [-0.15, -0.1) is 0 Å². The average molecular weight is 483 g/mol. The van der Waals surface area contributed by atoms with E-state index in [0.717, 1.165) is 0 Å². The van der Waals surface area contributed by atoms with Gasteiger partial charge >= 0.3 is 0 Å². The molecule has 3 atom stereocenters. The van der Waals surface area contributed by atoms with Crippen LogP contribution in [0.5, 0.6) is 5.75 Å². The lowest BCUT2D eigenvalue weighted by Crippen LogP contribution is -2.48. The van der Waals surface area contributed by atoms with Gasteiger partial charge in [0.15, 0.2) is 0 Å². The van der Waals surface area contributed by atoms with Crippen LogP contribution in [0.1, 0.15) is 47.9 Å². The quantitative estimate of drug-likeness (QED) is 0.719. The van der Waals surface area contributed by atoms with Gasteiger partial charge in [0.25, 0.3) is 11.8 Å². The second-order valence-corrected chi connectivity index (χ2v) is 8.90. The molecule has 2 aromatic rings. The van der Waals surface area contributed by atoms with Crippen molar-refractivity contribution in [1.82, 2.24) is 14.8 Å². The fraction of sp³-hybridized carbons (Fsp3) is 0.462. The van der Waals surface area contributed by atoms with Gasteiger partial charge in [-0.3, -0.25) is 19.4 Å². The number of hydrogen-bond acceptors (Lipinski definition) is 6. The van der Waals surface area contributed by atoms with E-state index in [-0.39, 0.29) is 42.4 Å². The summed E-state index contributed by atoms with van der Waals surface area (Å²) in [5, 5.41) is 2.79. The Morgan fingerprint density at radius 1 is 1.17 bits per heavy atom. The number of anilines is 1. The van der Waals surface area contributed by atoms with Crippen molar-refractivity contribution in [3.05, 3.63) is 53.9 Å². The van der Waals surface area contributed by atoms with Crippen molar-refractivity contribution in [2.45, 2.75) is 39.3 Å². The van der Waals surface area contributed by atoms with Gasteiger partial charge in [-0.1, -0.05) is 13.8 Å². The van der Waals surface area contributed by atoms with Gasteiger partial charge in [0.2, 0.25) is 5.91 Å². The highest BCUT2D eigenvalue weighted by atomic mass is 16.5. The topological polar surface area (TPSA) is 101 Å². The molecule has 0 saturated carbocycles. The van der Waals surface area contributed by atoms with E-state index in [0.29, 0.717) is 42.1 Å². The minimum atomic E-state index is -0.296. The van der Waals surface area contributed by atoms with Crippen LogP contribution in [0.4, 0.5) is 5.69 Å². The van der Waals surface area contributed by atoms with Crippen molar-refractivity contribution >= 4 is 23.4 Å². The molecule has 0 spiro atoms. The third-order valence-electron chi connectivity index (χ3n) is 6.24. The van der Waals surface area contributed by atoms with Gasteiger partial charge in [0.1, 0.15) is 12.4 Å². The molecule has 9 heteroatoms. The lowest BCUT2D eigenvalue weighted by molar-refractivity contribution is -0.115. The molecule has 1 aromatic heterocycles. The number of ether oxygens (including phenoxy) is 2. The van der Waals surface area contributed by atoms with Gasteiger partial charge in [-0.2, -0.15) is 0 Å². The molecular formula is C26H34N4O5. The van der Waals surface area contributed by atoms with E-state index >= 15 is 0 Å². The lowest BCUT2D eigenvalue weighted by Gasteiger charge is -2.36. The first-order chi connectivity index (χ1) is 16.7. The molecule has 1 aromatic carbocycles. The van der Waals surface area contributed by atoms with Crippen LogP contribution in [-0.2, 0) is 9.53 Å². The number of nitrogens with zero attached hydrogens (tertiary/aromatic N) is 3. The Bertz CT molecular complexity index is 1050. The van der Waals surface area contributed by atoms with Crippen molar-refractivity contribution in [3.63, 3.8) is 0 Å². The maximum absolute atomic E-state index is 13.4. The van der Waals surface area contributed by atoms with E-state index in [1.165, 1.54) is 0 Å². The number of likely N-dealkylation sites (N-methyl/N-ethyl adjacent to an activating group) is 1. The second kappa shape index (κ2) is 11.8. The molecule has 9 nitrogen and oxygen atoms in total. The summed E-state index contributed by atoms with van der Waals surface area (Å²) in [6.45, 7) is 6.63. The Kier molecular flexibility index (Phi) is 8.81. The summed E-state index contributed by atoms with van der Waals surface area (Å²) in [7, 11) is 3.32. The molecule has 188 valence electrons. The number of amides is 3. The molecule has 0 aliphatic carbocycles. The molecule has 3 amide bonds. The number of hydrogen-bond donors (Lipinski definition) is 1. The predicted molar refractivity (Wildman–Crippen MR) is 133 cm³/mol. The van der Waals surface area contributed by atoms with Gasteiger partial charge in [-0.25, -0.2) is 0 Å². The summed E-state index contributed by atoms with van der Waals surface area (Å²) < 4.78 is 11.8.